The second-order valence-corrected chi connectivity index (χ2v) is 5.30. The summed E-state index contributed by atoms with van der Waals surface area (Å²) >= 11 is 1.81. The Morgan fingerprint density at radius 1 is 1.50 bits per heavy atom. The van der Waals surface area contributed by atoms with Crippen LogP contribution in [0.1, 0.15) is 49.6 Å². The van der Waals surface area contributed by atoms with E-state index in [-0.39, 0.29) is 6.10 Å². The molecule has 0 aromatic carbocycles. The molecule has 92 valence electrons. The average Bonchev–Trinajstić information content (AvgIpc) is 2.70. The molecule has 2 unspecified atom stereocenters. The van der Waals surface area contributed by atoms with E-state index in [9.17, 15) is 5.11 Å². The van der Waals surface area contributed by atoms with Gasteiger partial charge in [0.1, 0.15) is 0 Å². The van der Waals surface area contributed by atoms with E-state index in [0.717, 1.165) is 25.8 Å². The first-order valence-corrected chi connectivity index (χ1v) is 6.98. The molecule has 3 heteroatoms. The molecule has 0 fully saturated rings. The zero-order valence-corrected chi connectivity index (χ0v) is 11.3. The number of hydrogen-bond acceptors (Lipinski definition) is 3. The maximum absolute atomic E-state index is 9.43. The third-order valence-electron chi connectivity index (χ3n) is 2.93. The highest BCUT2D eigenvalue weighted by molar-refractivity contribution is 7.10. The second kappa shape index (κ2) is 7.05. The third kappa shape index (κ3) is 4.24. The monoisotopic (exact) mass is 241 g/mol. The molecule has 1 heterocycles. The molecule has 2 nitrogen and oxygen atoms in total. The van der Waals surface area contributed by atoms with Crippen LogP contribution in [0.2, 0.25) is 0 Å². The first kappa shape index (κ1) is 13.7. The van der Waals surface area contributed by atoms with E-state index in [1.807, 2.05) is 18.3 Å². The molecule has 2 atom stereocenters. The molecule has 16 heavy (non-hydrogen) atoms. The predicted octanol–water partition coefficient (Wildman–Crippen LogP) is 3.26. The molecular weight excluding hydrogens is 218 g/mol. The number of thiophene rings is 1. The topological polar surface area (TPSA) is 32.3 Å². The fraction of sp³-hybridized carbons (Fsp3) is 0.692. The Bertz CT molecular complexity index is 298. The quantitative estimate of drug-likeness (QED) is 0.718. The van der Waals surface area contributed by atoms with Gasteiger partial charge in [-0.15, -0.1) is 11.3 Å². The lowest BCUT2D eigenvalue weighted by Crippen LogP contribution is -2.20. The minimum atomic E-state index is -0.124. The van der Waals surface area contributed by atoms with Crippen LogP contribution in [-0.2, 0) is 0 Å². The van der Waals surface area contributed by atoms with Crippen molar-refractivity contribution in [3.63, 3.8) is 0 Å². The minimum Gasteiger partial charge on any atom is -0.393 e. The fourth-order valence-corrected chi connectivity index (χ4v) is 2.74. The van der Waals surface area contributed by atoms with Crippen LogP contribution in [0.25, 0.3) is 0 Å². The zero-order valence-electron chi connectivity index (χ0n) is 10.5. The molecule has 0 spiro atoms. The summed E-state index contributed by atoms with van der Waals surface area (Å²) in [5.41, 5.74) is 1.37. The average molecular weight is 241 g/mol. The van der Waals surface area contributed by atoms with E-state index in [1.165, 1.54) is 10.4 Å². The van der Waals surface area contributed by atoms with E-state index >= 15 is 0 Å². The van der Waals surface area contributed by atoms with Gasteiger partial charge in [-0.1, -0.05) is 6.92 Å². The Labute approximate surface area is 103 Å². The minimum absolute atomic E-state index is 0.124. The van der Waals surface area contributed by atoms with Crippen LogP contribution in [-0.4, -0.2) is 17.8 Å². The van der Waals surface area contributed by atoms with Gasteiger partial charge in [0.2, 0.25) is 0 Å². The van der Waals surface area contributed by atoms with Crippen molar-refractivity contribution in [1.29, 1.82) is 0 Å². The van der Waals surface area contributed by atoms with Crippen LogP contribution in [0.15, 0.2) is 11.4 Å². The lowest BCUT2D eigenvalue weighted by molar-refractivity contribution is 0.157. The summed E-state index contributed by atoms with van der Waals surface area (Å²) in [6.07, 6.45) is 2.68. The van der Waals surface area contributed by atoms with Gasteiger partial charge in [-0.25, -0.2) is 0 Å². The van der Waals surface area contributed by atoms with Gasteiger partial charge in [0.15, 0.2) is 0 Å². The normalized spacial score (nSPS) is 15.0. The van der Waals surface area contributed by atoms with Crippen molar-refractivity contribution in [3.05, 3.63) is 21.9 Å². The van der Waals surface area contributed by atoms with Crippen molar-refractivity contribution in [3.8, 4) is 0 Å². The molecule has 2 N–H and O–H groups in total. The first-order chi connectivity index (χ1) is 7.65. The zero-order chi connectivity index (χ0) is 12.0. The van der Waals surface area contributed by atoms with Gasteiger partial charge < -0.3 is 10.4 Å². The number of nitrogens with one attached hydrogen (secondary N) is 1. The Kier molecular flexibility index (Phi) is 6.03. The number of aliphatic hydroxyl groups is 1. The summed E-state index contributed by atoms with van der Waals surface area (Å²) in [6.45, 7) is 7.37. The Hall–Kier alpha value is -0.380. The predicted molar refractivity (Wildman–Crippen MR) is 71.0 cm³/mol. The van der Waals surface area contributed by atoms with Gasteiger partial charge in [0.25, 0.3) is 0 Å². The molecule has 0 amide bonds. The van der Waals surface area contributed by atoms with Crippen molar-refractivity contribution < 1.29 is 5.11 Å². The van der Waals surface area contributed by atoms with Crippen LogP contribution < -0.4 is 5.32 Å². The summed E-state index contributed by atoms with van der Waals surface area (Å²) in [7, 11) is 0. The molecule has 0 saturated heterocycles. The molecule has 0 aliphatic carbocycles. The van der Waals surface area contributed by atoms with Crippen molar-refractivity contribution in [1.82, 2.24) is 5.32 Å². The van der Waals surface area contributed by atoms with Crippen LogP contribution in [0.5, 0.6) is 0 Å². The smallest absolute Gasteiger partial charge is 0.0538 e. The van der Waals surface area contributed by atoms with E-state index in [4.69, 9.17) is 0 Å². The van der Waals surface area contributed by atoms with Gasteiger partial charge in [-0.3, -0.25) is 0 Å². The molecular formula is C13H23NOS. The van der Waals surface area contributed by atoms with E-state index < -0.39 is 0 Å². The fourth-order valence-electron chi connectivity index (χ4n) is 1.78. The third-order valence-corrected chi connectivity index (χ3v) is 4.13. The summed E-state index contributed by atoms with van der Waals surface area (Å²) in [5, 5.41) is 15.1. The van der Waals surface area contributed by atoms with Gasteiger partial charge in [0.05, 0.1) is 6.10 Å². The lowest BCUT2D eigenvalue weighted by atomic mass is 10.1. The van der Waals surface area contributed by atoms with Crippen molar-refractivity contribution in [2.75, 3.05) is 6.54 Å². The Balaban J connectivity index is 2.21. The summed E-state index contributed by atoms with van der Waals surface area (Å²) in [4.78, 5) is 1.43. The van der Waals surface area contributed by atoms with Crippen LogP contribution in [0.3, 0.4) is 0 Å². The summed E-state index contributed by atoms with van der Waals surface area (Å²) in [6, 6.07) is 2.60. The van der Waals surface area contributed by atoms with Crippen molar-refractivity contribution in [2.24, 2.45) is 0 Å². The number of hydrogen-bond donors (Lipinski definition) is 2. The van der Waals surface area contributed by atoms with Gasteiger partial charge in [-0.05, 0) is 56.7 Å². The lowest BCUT2D eigenvalue weighted by Gasteiger charge is -2.14. The largest absolute Gasteiger partial charge is 0.393 e. The second-order valence-electron chi connectivity index (χ2n) is 4.35. The van der Waals surface area contributed by atoms with Gasteiger partial charge in [-0.2, -0.15) is 0 Å². The van der Waals surface area contributed by atoms with Gasteiger partial charge >= 0.3 is 0 Å². The highest BCUT2D eigenvalue weighted by Crippen LogP contribution is 2.23. The standard InChI is InChI=1S/C13H23NOS/c1-4-12(15)6-5-8-14-11(3)13-10(2)7-9-16-13/h7,9,11-12,14-15H,4-6,8H2,1-3H3. The van der Waals surface area contributed by atoms with Crippen LogP contribution in [0, 0.1) is 6.92 Å². The maximum atomic E-state index is 9.43. The molecule has 0 saturated carbocycles. The highest BCUT2D eigenvalue weighted by atomic mass is 32.1. The molecule has 0 aliphatic rings. The Morgan fingerprint density at radius 2 is 2.25 bits per heavy atom. The van der Waals surface area contributed by atoms with Crippen molar-refractivity contribution >= 4 is 11.3 Å². The van der Waals surface area contributed by atoms with E-state index in [0.29, 0.717) is 6.04 Å². The molecule has 1 aromatic heterocycles. The van der Waals surface area contributed by atoms with Crippen molar-refractivity contribution in [2.45, 2.75) is 52.2 Å². The van der Waals surface area contributed by atoms with Gasteiger partial charge in [0, 0.05) is 10.9 Å². The van der Waals surface area contributed by atoms with Crippen LogP contribution in [0.4, 0.5) is 0 Å². The molecule has 1 aromatic rings. The van der Waals surface area contributed by atoms with E-state index in [2.05, 4.69) is 30.6 Å². The SMILES string of the molecule is CCC(O)CCCNC(C)c1sccc1C. The number of aryl methyl sites for hydroxylation is 1. The first-order valence-electron chi connectivity index (χ1n) is 6.10. The number of aliphatic hydroxyl groups excluding tert-OH is 1. The molecule has 0 bridgehead atoms. The van der Waals surface area contributed by atoms with E-state index in [1.54, 1.807) is 0 Å². The summed E-state index contributed by atoms with van der Waals surface area (Å²) in [5.74, 6) is 0. The molecule has 0 radical (unpaired) electrons. The highest BCUT2D eigenvalue weighted by Gasteiger charge is 2.08. The molecule has 0 aliphatic heterocycles. The van der Waals surface area contributed by atoms with Crippen LogP contribution >= 0.6 is 11.3 Å². The summed E-state index contributed by atoms with van der Waals surface area (Å²) < 4.78 is 0. The Morgan fingerprint density at radius 3 is 2.81 bits per heavy atom. The molecule has 1 rings (SSSR count). The maximum Gasteiger partial charge on any atom is 0.0538 e. The number of rotatable bonds is 7.